The summed E-state index contributed by atoms with van der Waals surface area (Å²) in [6.07, 6.45) is 0.670. The molecule has 0 saturated carbocycles. The molecule has 0 radical (unpaired) electrons. The molecule has 5 rings (SSSR count). The van der Waals surface area contributed by atoms with Crippen LogP contribution in [0.25, 0.3) is 5.69 Å². The summed E-state index contributed by atoms with van der Waals surface area (Å²) >= 11 is -0.999. The summed E-state index contributed by atoms with van der Waals surface area (Å²) in [4.78, 5) is 13.5. The number of urea groups is 1. The molecule has 2 amide bonds. The van der Waals surface area contributed by atoms with Crippen molar-refractivity contribution in [2.75, 3.05) is 32.1 Å². The molecule has 3 atom stereocenters. The molecule has 3 N–H and O–H groups in total. The topological polar surface area (TPSA) is 103 Å². The quantitative estimate of drug-likeness (QED) is 0.452. The van der Waals surface area contributed by atoms with Gasteiger partial charge in [-0.1, -0.05) is 48.5 Å². The van der Waals surface area contributed by atoms with Crippen molar-refractivity contribution >= 4 is 23.0 Å². The Balaban J connectivity index is 1.44. The lowest BCUT2D eigenvalue weighted by molar-refractivity contribution is 0.155. The van der Waals surface area contributed by atoms with Crippen LogP contribution in [0.1, 0.15) is 29.2 Å². The Kier molecular flexibility index (Phi) is 6.60. The summed E-state index contributed by atoms with van der Waals surface area (Å²) in [5.41, 5.74) is 3.13. The number of anilines is 1. The van der Waals surface area contributed by atoms with E-state index < -0.39 is 16.7 Å². The van der Waals surface area contributed by atoms with Gasteiger partial charge in [0.25, 0.3) is 0 Å². The first-order valence-electron chi connectivity index (χ1n) is 11.4. The number of fused-ring (bicyclic) bond motifs is 1. The Morgan fingerprint density at radius 1 is 1.21 bits per heavy atom. The number of ether oxygens (including phenoxy) is 1. The van der Waals surface area contributed by atoms with E-state index in [1.807, 2.05) is 48.5 Å². The van der Waals surface area contributed by atoms with Gasteiger partial charge in [-0.3, -0.25) is 5.32 Å². The van der Waals surface area contributed by atoms with Gasteiger partial charge < -0.3 is 19.9 Å². The van der Waals surface area contributed by atoms with Gasteiger partial charge in [0.15, 0.2) is 0 Å². The number of rotatable bonds is 7. The van der Waals surface area contributed by atoms with Crippen molar-refractivity contribution in [3.8, 4) is 5.69 Å². The summed E-state index contributed by atoms with van der Waals surface area (Å²) < 4.78 is 19.3. The molecule has 9 heteroatoms. The van der Waals surface area contributed by atoms with Crippen molar-refractivity contribution in [3.63, 3.8) is 0 Å². The van der Waals surface area contributed by atoms with Crippen LogP contribution >= 0.6 is 0 Å². The minimum Gasteiger partial charge on any atom is -0.616 e. The summed E-state index contributed by atoms with van der Waals surface area (Å²) in [7, 11) is 1.68. The van der Waals surface area contributed by atoms with E-state index in [2.05, 4.69) is 33.2 Å². The van der Waals surface area contributed by atoms with Crippen molar-refractivity contribution in [1.82, 2.24) is 20.4 Å². The average Bonchev–Trinajstić information content (AvgIpc) is 3.52. The first-order valence-corrected chi connectivity index (χ1v) is 12.9. The molecule has 178 valence electrons. The number of hydrogen-bond acceptors (Lipinski definition) is 5. The number of para-hydroxylation sites is 1. The third-order valence-electron chi connectivity index (χ3n) is 6.68. The van der Waals surface area contributed by atoms with E-state index >= 15 is 0 Å². The predicted molar refractivity (Wildman–Crippen MR) is 133 cm³/mol. The Morgan fingerprint density at radius 2 is 1.94 bits per heavy atom. The first-order chi connectivity index (χ1) is 16.6. The highest BCUT2D eigenvalue weighted by molar-refractivity contribution is 7.90. The number of nitrogens with zero attached hydrogens (tertiary/aromatic N) is 2. The summed E-state index contributed by atoms with van der Waals surface area (Å²) in [6, 6.07) is 19.6. The number of aromatic nitrogens is 2. The molecule has 3 aromatic rings. The zero-order valence-electron chi connectivity index (χ0n) is 19.1. The molecule has 1 aromatic heterocycles. The molecule has 1 saturated heterocycles. The molecule has 2 aliphatic rings. The van der Waals surface area contributed by atoms with E-state index in [9.17, 15) is 9.35 Å². The second kappa shape index (κ2) is 9.79. The van der Waals surface area contributed by atoms with E-state index in [0.29, 0.717) is 36.9 Å². The maximum absolute atomic E-state index is 13.5. The Morgan fingerprint density at radius 3 is 2.68 bits per heavy atom. The molecule has 8 nitrogen and oxygen atoms in total. The van der Waals surface area contributed by atoms with Crippen molar-refractivity contribution in [1.29, 1.82) is 0 Å². The van der Waals surface area contributed by atoms with E-state index in [1.165, 1.54) is 5.56 Å². The number of nitrogens with one attached hydrogen (secondary N) is 3. The smallest absolute Gasteiger partial charge is 0.320 e. The highest BCUT2D eigenvalue weighted by Crippen LogP contribution is 2.36. The minimum absolute atomic E-state index is 0.104. The normalized spacial score (nSPS) is 23.6. The maximum atomic E-state index is 13.5. The molecule has 2 aromatic carbocycles. The lowest BCUT2D eigenvalue weighted by atomic mass is 9.79. The molecule has 0 aliphatic carbocycles. The van der Waals surface area contributed by atoms with E-state index in [-0.39, 0.29) is 11.9 Å². The molecule has 1 unspecified atom stereocenters. The highest BCUT2D eigenvalue weighted by atomic mass is 32.2. The number of amides is 2. The van der Waals surface area contributed by atoms with Gasteiger partial charge in [0.05, 0.1) is 16.8 Å². The number of methoxy groups -OCH3 is 1. The number of hydrogen-bond donors (Lipinski definition) is 3. The second-order valence-electron chi connectivity index (χ2n) is 8.82. The molecule has 2 aliphatic heterocycles. The Hall–Kier alpha value is -2.85. The van der Waals surface area contributed by atoms with E-state index in [1.54, 1.807) is 11.8 Å². The van der Waals surface area contributed by atoms with Gasteiger partial charge in [-0.05, 0) is 35.3 Å². The fourth-order valence-corrected chi connectivity index (χ4v) is 6.26. The predicted octanol–water partition coefficient (Wildman–Crippen LogP) is 2.92. The van der Waals surface area contributed by atoms with Crippen LogP contribution < -0.4 is 16.0 Å². The van der Waals surface area contributed by atoms with Crippen LogP contribution in [0.15, 0.2) is 60.7 Å². The van der Waals surface area contributed by atoms with Crippen molar-refractivity contribution < 1.29 is 14.1 Å². The van der Waals surface area contributed by atoms with Gasteiger partial charge in [0.1, 0.15) is 23.0 Å². The molecule has 0 spiro atoms. The lowest BCUT2D eigenvalue weighted by Gasteiger charge is -2.36. The van der Waals surface area contributed by atoms with Gasteiger partial charge in [0, 0.05) is 32.7 Å². The zero-order chi connectivity index (χ0) is 23.5. The number of carbonyl (C=O) groups excluding carboxylic acids is 1. The Bertz CT molecular complexity index is 1140. The largest absolute Gasteiger partial charge is 0.616 e. The fourth-order valence-electron chi connectivity index (χ4n) is 5.00. The van der Waals surface area contributed by atoms with Gasteiger partial charge in [-0.25, -0.2) is 9.48 Å². The maximum Gasteiger partial charge on any atom is 0.320 e. The van der Waals surface area contributed by atoms with Crippen molar-refractivity contribution in [2.45, 2.75) is 29.4 Å². The van der Waals surface area contributed by atoms with E-state index in [4.69, 9.17) is 4.74 Å². The lowest BCUT2D eigenvalue weighted by Crippen LogP contribution is -2.55. The van der Waals surface area contributed by atoms with Crippen LogP contribution in [0.2, 0.25) is 0 Å². The summed E-state index contributed by atoms with van der Waals surface area (Å²) in [5.74, 6) is 1.48. The van der Waals surface area contributed by atoms with Gasteiger partial charge in [-0.2, -0.15) is 5.10 Å². The minimum atomic E-state index is -0.999. The van der Waals surface area contributed by atoms with Gasteiger partial charge in [-0.15, -0.1) is 0 Å². The van der Waals surface area contributed by atoms with E-state index in [0.717, 1.165) is 23.5 Å². The highest BCUT2D eigenvalue weighted by Gasteiger charge is 2.45. The van der Waals surface area contributed by atoms with Crippen LogP contribution in [-0.4, -0.2) is 52.7 Å². The van der Waals surface area contributed by atoms with Gasteiger partial charge >= 0.3 is 6.03 Å². The van der Waals surface area contributed by atoms with Crippen LogP contribution in [0.3, 0.4) is 0 Å². The van der Waals surface area contributed by atoms with Crippen molar-refractivity contribution in [3.05, 3.63) is 77.5 Å². The molecular formula is C25H29N5O3S. The SMILES string of the molecule is COCC[C@@]1(NC(=O)Nc2c3c(nn2-c2ccccc2)C[S+]([O-])C3)CNC[C@H]1c1ccccc1. The average molecular weight is 480 g/mol. The summed E-state index contributed by atoms with van der Waals surface area (Å²) in [6.45, 7) is 1.94. The van der Waals surface area contributed by atoms with Crippen LogP contribution in [0.5, 0.6) is 0 Å². The summed E-state index contributed by atoms with van der Waals surface area (Å²) in [5, 5.41) is 14.5. The first kappa shape index (κ1) is 22.9. The molecule has 34 heavy (non-hydrogen) atoms. The third-order valence-corrected chi connectivity index (χ3v) is 7.88. The van der Waals surface area contributed by atoms with Crippen LogP contribution in [0, 0.1) is 0 Å². The fraction of sp³-hybridized carbons (Fsp3) is 0.360. The van der Waals surface area contributed by atoms with Gasteiger partial charge in [0.2, 0.25) is 0 Å². The molecule has 0 bridgehead atoms. The number of carbonyl (C=O) groups is 1. The van der Waals surface area contributed by atoms with Crippen LogP contribution in [0.4, 0.5) is 10.6 Å². The standard InChI is InChI=1S/C25H29N5O3S/c1-33-13-12-25(17-26-14-21(25)18-8-4-2-5-9-18)28-24(31)27-23-20-15-34(32)16-22(20)29-30(23)19-10-6-3-7-11-19/h2-11,21,26H,12-17H2,1H3,(H2,27,28,31)/t21-,25+,34?/m0/s1. The molecule has 1 fully saturated rings. The Labute approximate surface area is 202 Å². The monoisotopic (exact) mass is 479 g/mol. The third kappa shape index (κ3) is 4.44. The molecule has 3 heterocycles. The van der Waals surface area contributed by atoms with Crippen molar-refractivity contribution in [2.24, 2.45) is 0 Å². The van der Waals surface area contributed by atoms with Crippen LogP contribution in [-0.2, 0) is 27.4 Å². The molecular weight excluding hydrogens is 450 g/mol. The second-order valence-corrected chi connectivity index (χ2v) is 10.3. The zero-order valence-corrected chi connectivity index (χ0v) is 19.9. The number of benzene rings is 2.